The monoisotopic (exact) mass is 472 g/mol. The van der Waals surface area contributed by atoms with Crippen LogP contribution >= 0.6 is 0 Å². The number of hydrogen-bond donors (Lipinski definition) is 2. The molecule has 3 saturated carbocycles. The molecule has 4 rings (SSSR count). The molecule has 4 aliphatic rings. The number of fused-ring (bicyclic) bond motifs is 5. The average molecular weight is 473 g/mol. The minimum Gasteiger partial charge on any atom is -0.393 e. The van der Waals surface area contributed by atoms with Crippen molar-refractivity contribution in [1.82, 2.24) is 10.2 Å². The van der Waals surface area contributed by atoms with E-state index in [4.69, 9.17) is 0 Å². The molecule has 0 bridgehead atoms. The van der Waals surface area contributed by atoms with Gasteiger partial charge in [-0.25, -0.2) is 0 Å². The van der Waals surface area contributed by atoms with Crippen LogP contribution in [0.5, 0.6) is 0 Å². The van der Waals surface area contributed by atoms with Crippen LogP contribution in [0.3, 0.4) is 0 Å². The van der Waals surface area contributed by atoms with Gasteiger partial charge in [-0.2, -0.15) is 0 Å². The highest BCUT2D eigenvalue weighted by Crippen LogP contribution is 2.67. The van der Waals surface area contributed by atoms with Crippen LogP contribution in [0.4, 0.5) is 0 Å². The predicted molar refractivity (Wildman–Crippen MR) is 145 cm³/mol. The summed E-state index contributed by atoms with van der Waals surface area (Å²) in [5.74, 6) is 5.28. The molecule has 3 heteroatoms. The smallest absolute Gasteiger partial charge is 0.0577 e. The fourth-order valence-corrected chi connectivity index (χ4v) is 9.36. The summed E-state index contributed by atoms with van der Waals surface area (Å²) in [6.45, 7) is 13.7. The standard InChI is InChI=1S/C31H56N2O/c1-22(21-32-18-19-33(5)6)8-7-9-23(2)27-12-13-28-26-11-10-24-20-25(34)14-16-30(24,3)29(26)15-17-31(27,28)4/h10,22-23,25-29,32,34H,7-9,11-21H2,1-6H3/t22?,23-,25+,26+,27-,28+,29+,30+,31-/m1/s1. The van der Waals surface area contributed by atoms with Gasteiger partial charge in [0.05, 0.1) is 6.10 Å². The van der Waals surface area contributed by atoms with E-state index in [2.05, 4.69) is 58.1 Å². The summed E-state index contributed by atoms with van der Waals surface area (Å²) in [7, 11) is 4.30. The zero-order valence-electron chi connectivity index (χ0n) is 23.4. The molecule has 34 heavy (non-hydrogen) atoms. The Kier molecular flexibility index (Phi) is 8.58. The summed E-state index contributed by atoms with van der Waals surface area (Å²) < 4.78 is 0. The van der Waals surface area contributed by atoms with Crippen molar-refractivity contribution < 1.29 is 5.11 Å². The van der Waals surface area contributed by atoms with Gasteiger partial charge in [-0.05, 0) is 125 Å². The first kappa shape index (κ1) is 26.7. The highest BCUT2D eigenvalue weighted by atomic mass is 16.3. The first-order chi connectivity index (χ1) is 16.1. The van der Waals surface area contributed by atoms with Crippen molar-refractivity contribution in [3.05, 3.63) is 11.6 Å². The normalized spacial score (nSPS) is 41.4. The molecule has 9 atom stereocenters. The molecule has 0 spiro atoms. The molecule has 0 aromatic heterocycles. The van der Waals surface area contributed by atoms with Crippen molar-refractivity contribution in [2.45, 2.75) is 104 Å². The Balaban J connectivity index is 1.30. The van der Waals surface area contributed by atoms with Crippen LogP contribution in [0.15, 0.2) is 11.6 Å². The largest absolute Gasteiger partial charge is 0.393 e. The molecule has 0 aliphatic heterocycles. The Morgan fingerprint density at radius 3 is 2.62 bits per heavy atom. The third-order valence-electron chi connectivity index (χ3n) is 11.4. The second-order valence-corrected chi connectivity index (χ2v) is 13.9. The van der Waals surface area contributed by atoms with E-state index in [1.54, 1.807) is 5.57 Å². The van der Waals surface area contributed by atoms with Crippen LogP contribution in [0, 0.1) is 46.3 Å². The summed E-state index contributed by atoms with van der Waals surface area (Å²) in [4.78, 5) is 2.25. The van der Waals surface area contributed by atoms with Gasteiger partial charge in [-0.15, -0.1) is 0 Å². The fraction of sp³-hybridized carbons (Fsp3) is 0.935. The quantitative estimate of drug-likeness (QED) is 0.281. The Labute approximate surface area is 211 Å². The van der Waals surface area contributed by atoms with E-state index >= 15 is 0 Å². The van der Waals surface area contributed by atoms with Crippen LogP contribution in [-0.2, 0) is 0 Å². The summed E-state index contributed by atoms with van der Waals surface area (Å²) in [5.41, 5.74) is 2.56. The number of hydrogen-bond acceptors (Lipinski definition) is 3. The molecule has 4 aliphatic carbocycles. The van der Waals surface area contributed by atoms with Gasteiger partial charge in [0.15, 0.2) is 0 Å². The second kappa shape index (κ2) is 10.9. The molecule has 3 nitrogen and oxygen atoms in total. The van der Waals surface area contributed by atoms with Gasteiger partial charge in [0, 0.05) is 13.1 Å². The summed E-state index contributed by atoms with van der Waals surface area (Å²) in [6, 6.07) is 0. The van der Waals surface area contributed by atoms with Crippen LogP contribution < -0.4 is 5.32 Å². The molecule has 0 saturated heterocycles. The van der Waals surface area contributed by atoms with Crippen molar-refractivity contribution in [1.29, 1.82) is 0 Å². The zero-order chi connectivity index (χ0) is 24.5. The molecular formula is C31H56N2O. The first-order valence-corrected chi connectivity index (χ1v) is 14.9. The summed E-state index contributed by atoms with van der Waals surface area (Å²) in [5, 5.41) is 13.9. The van der Waals surface area contributed by atoms with Crippen molar-refractivity contribution in [2.24, 2.45) is 46.3 Å². The van der Waals surface area contributed by atoms with Crippen molar-refractivity contribution >= 4 is 0 Å². The predicted octanol–water partition coefficient (Wildman–Crippen LogP) is 6.52. The summed E-state index contributed by atoms with van der Waals surface area (Å²) in [6.07, 6.45) is 17.0. The SMILES string of the molecule is CC(CCC[C@@H](C)[C@H]1CC[C@H]2[C@@H]3CC=C4C[C@@H](O)CC[C@]4(C)[C@H]3CC[C@]12C)CNCCN(C)C. The van der Waals surface area contributed by atoms with E-state index in [0.29, 0.717) is 10.8 Å². The van der Waals surface area contributed by atoms with Crippen molar-refractivity contribution in [3.8, 4) is 0 Å². The highest BCUT2D eigenvalue weighted by molar-refractivity contribution is 5.25. The Morgan fingerprint density at radius 2 is 1.85 bits per heavy atom. The number of rotatable bonds is 10. The van der Waals surface area contributed by atoms with Crippen LogP contribution in [-0.4, -0.2) is 49.8 Å². The lowest BCUT2D eigenvalue weighted by molar-refractivity contribution is -0.0573. The van der Waals surface area contributed by atoms with Gasteiger partial charge in [0.2, 0.25) is 0 Å². The Bertz CT molecular complexity index is 704. The van der Waals surface area contributed by atoms with Gasteiger partial charge in [-0.3, -0.25) is 0 Å². The van der Waals surface area contributed by atoms with E-state index in [1.807, 2.05) is 0 Å². The van der Waals surface area contributed by atoms with Gasteiger partial charge in [0.25, 0.3) is 0 Å². The lowest BCUT2D eigenvalue weighted by Gasteiger charge is -2.58. The number of aliphatic hydroxyl groups excluding tert-OH is 1. The van der Waals surface area contributed by atoms with Gasteiger partial charge >= 0.3 is 0 Å². The van der Waals surface area contributed by atoms with Gasteiger partial charge < -0.3 is 15.3 Å². The maximum Gasteiger partial charge on any atom is 0.0577 e. The molecule has 1 unspecified atom stereocenters. The maximum absolute atomic E-state index is 10.3. The third kappa shape index (κ3) is 5.32. The Morgan fingerprint density at radius 1 is 1.06 bits per heavy atom. The zero-order valence-corrected chi connectivity index (χ0v) is 23.4. The van der Waals surface area contributed by atoms with Gasteiger partial charge in [-0.1, -0.05) is 52.2 Å². The number of aliphatic hydroxyl groups is 1. The van der Waals surface area contributed by atoms with E-state index in [-0.39, 0.29) is 6.10 Å². The molecule has 3 fully saturated rings. The lowest BCUT2D eigenvalue weighted by atomic mass is 9.47. The van der Waals surface area contributed by atoms with E-state index in [0.717, 1.165) is 61.4 Å². The van der Waals surface area contributed by atoms with E-state index in [9.17, 15) is 5.11 Å². The second-order valence-electron chi connectivity index (χ2n) is 13.9. The first-order valence-electron chi connectivity index (χ1n) is 14.9. The topological polar surface area (TPSA) is 35.5 Å². The summed E-state index contributed by atoms with van der Waals surface area (Å²) >= 11 is 0. The van der Waals surface area contributed by atoms with Crippen molar-refractivity contribution in [3.63, 3.8) is 0 Å². The van der Waals surface area contributed by atoms with Crippen LogP contribution in [0.2, 0.25) is 0 Å². The van der Waals surface area contributed by atoms with Crippen LogP contribution in [0.1, 0.15) is 98.3 Å². The van der Waals surface area contributed by atoms with Crippen molar-refractivity contribution in [2.75, 3.05) is 33.7 Å². The minimum absolute atomic E-state index is 0.0852. The molecule has 0 aromatic rings. The molecular weight excluding hydrogens is 416 g/mol. The van der Waals surface area contributed by atoms with E-state index in [1.165, 1.54) is 64.3 Å². The third-order valence-corrected chi connectivity index (χ3v) is 11.4. The average Bonchev–Trinajstić information content (AvgIpc) is 3.14. The Hall–Kier alpha value is -0.380. The van der Waals surface area contributed by atoms with E-state index < -0.39 is 0 Å². The molecule has 0 radical (unpaired) electrons. The molecule has 0 amide bonds. The minimum atomic E-state index is -0.0852. The lowest BCUT2D eigenvalue weighted by Crippen LogP contribution is -2.50. The van der Waals surface area contributed by atoms with Gasteiger partial charge in [0.1, 0.15) is 0 Å². The number of nitrogens with zero attached hydrogens (tertiary/aromatic N) is 1. The fourth-order valence-electron chi connectivity index (χ4n) is 9.36. The molecule has 2 N–H and O–H groups in total. The number of likely N-dealkylation sites (N-methyl/N-ethyl adjacent to an activating group) is 1. The number of nitrogens with one attached hydrogen (secondary N) is 1. The molecule has 0 aromatic carbocycles. The molecule has 196 valence electrons. The molecule has 0 heterocycles. The maximum atomic E-state index is 10.3. The number of allylic oxidation sites excluding steroid dienone is 1. The highest BCUT2D eigenvalue weighted by Gasteiger charge is 2.59. The van der Waals surface area contributed by atoms with Crippen LogP contribution in [0.25, 0.3) is 0 Å².